The Bertz CT molecular complexity index is 541. The number of phenolic OH excluding ortho intramolecular Hbond substituents is 1. The fraction of sp³-hybridized carbons (Fsp3) is 0.429. The van der Waals surface area contributed by atoms with Crippen molar-refractivity contribution in [3.63, 3.8) is 0 Å². The van der Waals surface area contributed by atoms with Crippen LogP contribution in [0.4, 0.5) is 0 Å². The fourth-order valence-corrected chi connectivity index (χ4v) is 2.86. The van der Waals surface area contributed by atoms with Gasteiger partial charge in [0.15, 0.2) is 0 Å². The quantitative estimate of drug-likeness (QED) is 0.724. The van der Waals surface area contributed by atoms with Crippen molar-refractivity contribution in [3.05, 3.63) is 29.3 Å². The van der Waals surface area contributed by atoms with Gasteiger partial charge in [-0.3, -0.25) is 19.8 Å². The topological polar surface area (TPSA) is 69.6 Å². The number of amides is 2. The van der Waals surface area contributed by atoms with E-state index in [0.29, 0.717) is 19.4 Å². The summed E-state index contributed by atoms with van der Waals surface area (Å²) in [4.78, 5) is 25.1. The lowest BCUT2D eigenvalue weighted by Crippen LogP contribution is -2.53. The molecule has 0 aromatic heterocycles. The molecule has 5 nitrogen and oxygen atoms in total. The van der Waals surface area contributed by atoms with Crippen LogP contribution in [0, 0.1) is 0 Å². The lowest BCUT2D eigenvalue weighted by atomic mass is 9.96. The number of imide groups is 1. The molecule has 0 spiro atoms. The van der Waals surface area contributed by atoms with Gasteiger partial charge in [-0.05, 0) is 36.1 Å². The average Bonchev–Trinajstić information content (AvgIpc) is 2.38. The molecule has 2 N–H and O–H groups in total. The van der Waals surface area contributed by atoms with Crippen LogP contribution in [0.25, 0.3) is 0 Å². The van der Waals surface area contributed by atoms with Crippen LogP contribution in [0.15, 0.2) is 18.2 Å². The third-order valence-electron chi connectivity index (χ3n) is 3.88. The highest BCUT2D eigenvalue weighted by Crippen LogP contribution is 2.26. The Kier molecular flexibility index (Phi) is 2.98. The molecule has 1 fully saturated rings. The van der Waals surface area contributed by atoms with Crippen LogP contribution in [-0.4, -0.2) is 34.4 Å². The smallest absolute Gasteiger partial charge is 0.243 e. The van der Waals surface area contributed by atoms with Gasteiger partial charge in [0.05, 0.1) is 6.04 Å². The number of nitrogens with one attached hydrogen (secondary N) is 1. The van der Waals surface area contributed by atoms with Gasteiger partial charge in [-0.1, -0.05) is 6.07 Å². The van der Waals surface area contributed by atoms with Gasteiger partial charge < -0.3 is 5.11 Å². The Morgan fingerprint density at radius 3 is 2.84 bits per heavy atom. The predicted molar refractivity (Wildman–Crippen MR) is 68.4 cm³/mol. The molecular weight excluding hydrogens is 244 g/mol. The molecule has 1 atom stereocenters. The van der Waals surface area contributed by atoms with Gasteiger partial charge in [-0.2, -0.15) is 0 Å². The predicted octanol–water partition coefficient (Wildman–Crippen LogP) is 0.555. The highest BCUT2D eigenvalue weighted by molar-refractivity contribution is 6.00. The fourth-order valence-electron chi connectivity index (χ4n) is 2.86. The lowest BCUT2D eigenvalue weighted by molar-refractivity contribution is -0.137. The zero-order valence-corrected chi connectivity index (χ0v) is 10.6. The first-order valence-electron chi connectivity index (χ1n) is 6.52. The SMILES string of the molecule is O=C1CCC(N2CCc3ccc(O)cc3C2)C(=O)N1. The maximum absolute atomic E-state index is 11.9. The number of phenols is 1. The van der Waals surface area contributed by atoms with E-state index in [9.17, 15) is 14.7 Å². The molecule has 0 aliphatic carbocycles. The van der Waals surface area contributed by atoms with E-state index in [1.807, 2.05) is 6.07 Å². The van der Waals surface area contributed by atoms with Crippen molar-refractivity contribution >= 4 is 11.8 Å². The highest BCUT2D eigenvalue weighted by atomic mass is 16.3. The molecule has 1 saturated heterocycles. The van der Waals surface area contributed by atoms with E-state index in [0.717, 1.165) is 18.5 Å². The monoisotopic (exact) mass is 260 g/mol. The number of nitrogens with zero attached hydrogens (tertiary/aromatic N) is 1. The van der Waals surface area contributed by atoms with E-state index < -0.39 is 0 Å². The summed E-state index contributed by atoms with van der Waals surface area (Å²) in [6.45, 7) is 1.46. The molecule has 19 heavy (non-hydrogen) atoms. The largest absolute Gasteiger partial charge is 0.508 e. The summed E-state index contributed by atoms with van der Waals surface area (Å²) in [6.07, 6.45) is 1.85. The molecule has 0 radical (unpaired) electrons. The Labute approximate surface area is 111 Å². The van der Waals surface area contributed by atoms with Crippen molar-refractivity contribution in [2.45, 2.75) is 31.8 Å². The van der Waals surface area contributed by atoms with Gasteiger partial charge in [-0.15, -0.1) is 0 Å². The standard InChI is InChI=1S/C14H16N2O3/c17-11-2-1-9-5-6-16(8-10(9)7-11)12-3-4-13(18)15-14(12)19/h1-2,7,12,17H,3-6,8H2,(H,15,18,19). The second-order valence-corrected chi connectivity index (χ2v) is 5.14. The van der Waals surface area contributed by atoms with Gasteiger partial charge >= 0.3 is 0 Å². The maximum atomic E-state index is 11.9. The first-order chi connectivity index (χ1) is 9.13. The van der Waals surface area contributed by atoms with E-state index in [2.05, 4.69) is 10.2 Å². The van der Waals surface area contributed by atoms with E-state index in [-0.39, 0.29) is 23.6 Å². The zero-order chi connectivity index (χ0) is 13.4. The highest BCUT2D eigenvalue weighted by Gasteiger charge is 2.33. The summed E-state index contributed by atoms with van der Waals surface area (Å²) >= 11 is 0. The third kappa shape index (κ3) is 2.33. The number of hydrogen-bond acceptors (Lipinski definition) is 4. The number of piperidine rings is 1. The van der Waals surface area contributed by atoms with Gasteiger partial charge in [0.2, 0.25) is 11.8 Å². The van der Waals surface area contributed by atoms with E-state index >= 15 is 0 Å². The van der Waals surface area contributed by atoms with Gasteiger partial charge in [0, 0.05) is 19.5 Å². The van der Waals surface area contributed by atoms with Crippen LogP contribution >= 0.6 is 0 Å². The van der Waals surface area contributed by atoms with Crippen molar-refractivity contribution in [2.75, 3.05) is 6.54 Å². The minimum Gasteiger partial charge on any atom is -0.508 e. The number of aromatic hydroxyl groups is 1. The molecule has 3 rings (SSSR count). The van der Waals surface area contributed by atoms with Crippen LogP contribution in [0.2, 0.25) is 0 Å². The van der Waals surface area contributed by atoms with Crippen LogP contribution in [0.3, 0.4) is 0 Å². The Morgan fingerprint density at radius 1 is 1.21 bits per heavy atom. The normalized spacial score (nSPS) is 23.9. The lowest BCUT2D eigenvalue weighted by Gasteiger charge is -2.36. The minimum absolute atomic E-state index is 0.184. The first-order valence-corrected chi connectivity index (χ1v) is 6.52. The van der Waals surface area contributed by atoms with Gasteiger partial charge in [0.1, 0.15) is 5.75 Å². The number of carbonyl (C=O) groups excluding carboxylic acids is 2. The van der Waals surface area contributed by atoms with Crippen molar-refractivity contribution in [3.8, 4) is 5.75 Å². The van der Waals surface area contributed by atoms with Crippen LogP contribution in [-0.2, 0) is 22.6 Å². The Balaban J connectivity index is 1.78. The zero-order valence-electron chi connectivity index (χ0n) is 10.6. The Hall–Kier alpha value is -1.88. The molecule has 100 valence electrons. The molecule has 2 aliphatic heterocycles. The molecule has 2 aliphatic rings. The van der Waals surface area contributed by atoms with Crippen LogP contribution < -0.4 is 5.32 Å². The number of fused-ring (bicyclic) bond motifs is 1. The molecule has 2 heterocycles. The summed E-state index contributed by atoms with van der Waals surface area (Å²) in [7, 11) is 0. The summed E-state index contributed by atoms with van der Waals surface area (Å²) in [5.74, 6) is -0.125. The molecule has 1 unspecified atom stereocenters. The van der Waals surface area contributed by atoms with Gasteiger partial charge in [0.25, 0.3) is 0 Å². The average molecular weight is 260 g/mol. The summed E-state index contributed by atoms with van der Waals surface area (Å²) in [5.41, 5.74) is 2.29. The second-order valence-electron chi connectivity index (χ2n) is 5.14. The molecule has 1 aromatic carbocycles. The van der Waals surface area contributed by atoms with E-state index in [4.69, 9.17) is 0 Å². The molecule has 5 heteroatoms. The Morgan fingerprint density at radius 2 is 2.05 bits per heavy atom. The minimum atomic E-state index is -0.229. The van der Waals surface area contributed by atoms with Crippen LogP contribution in [0.1, 0.15) is 24.0 Å². The number of carbonyl (C=O) groups is 2. The van der Waals surface area contributed by atoms with Crippen molar-refractivity contribution in [1.29, 1.82) is 0 Å². The van der Waals surface area contributed by atoms with Gasteiger partial charge in [-0.25, -0.2) is 0 Å². The molecular formula is C14H16N2O3. The summed E-state index contributed by atoms with van der Waals surface area (Å²) in [6, 6.07) is 5.16. The van der Waals surface area contributed by atoms with Crippen LogP contribution in [0.5, 0.6) is 5.75 Å². The first kappa shape index (κ1) is 12.2. The van der Waals surface area contributed by atoms with Crippen molar-refractivity contribution in [1.82, 2.24) is 10.2 Å². The number of rotatable bonds is 1. The molecule has 0 saturated carbocycles. The molecule has 2 amide bonds. The summed E-state index contributed by atoms with van der Waals surface area (Å²) < 4.78 is 0. The van der Waals surface area contributed by atoms with E-state index in [1.165, 1.54) is 5.56 Å². The second kappa shape index (κ2) is 4.66. The maximum Gasteiger partial charge on any atom is 0.243 e. The van der Waals surface area contributed by atoms with Crippen molar-refractivity contribution < 1.29 is 14.7 Å². The third-order valence-corrected chi connectivity index (χ3v) is 3.88. The van der Waals surface area contributed by atoms with Crippen molar-refractivity contribution in [2.24, 2.45) is 0 Å². The van der Waals surface area contributed by atoms with E-state index in [1.54, 1.807) is 12.1 Å². The number of benzene rings is 1. The molecule has 1 aromatic rings. The number of hydrogen-bond donors (Lipinski definition) is 2. The summed E-state index contributed by atoms with van der Waals surface area (Å²) in [5, 5.41) is 11.9. The molecule has 0 bridgehead atoms.